The Morgan fingerprint density at radius 1 is 1.35 bits per heavy atom. The zero-order valence-corrected chi connectivity index (χ0v) is 11.2. The molecular weight excluding hydrogens is 208 g/mol. The van der Waals surface area contributed by atoms with Crippen LogP contribution < -0.4 is 10.6 Å². The van der Waals surface area contributed by atoms with Gasteiger partial charge in [0.1, 0.15) is 0 Å². The highest BCUT2D eigenvalue weighted by molar-refractivity contribution is 5.57. The number of nitrogens with two attached hydrogens (primary N) is 1. The maximum Gasteiger partial charge on any atom is 0.0435 e. The smallest absolute Gasteiger partial charge is 0.0435 e. The quantitative estimate of drug-likeness (QED) is 0.868. The molecule has 0 saturated carbocycles. The van der Waals surface area contributed by atoms with E-state index in [1.54, 1.807) is 0 Å². The van der Waals surface area contributed by atoms with E-state index in [4.69, 9.17) is 5.73 Å². The lowest BCUT2D eigenvalue weighted by molar-refractivity contribution is 0.449. The molecule has 0 aromatic heterocycles. The van der Waals surface area contributed by atoms with Gasteiger partial charge in [-0.05, 0) is 37.3 Å². The highest BCUT2D eigenvalue weighted by Gasteiger charge is 2.25. The molecule has 0 aliphatic carbocycles. The van der Waals surface area contributed by atoms with Crippen LogP contribution in [0.5, 0.6) is 0 Å². The summed E-state index contributed by atoms with van der Waals surface area (Å²) >= 11 is 0. The first-order valence-corrected chi connectivity index (χ1v) is 6.69. The van der Waals surface area contributed by atoms with Gasteiger partial charge in [-0.25, -0.2) is 0 Å². The van der Waals surface area contributed by atoms with E-state index in [1.807, 2.05) is 0 Å². The second-order valence-corrected chi connectivity index (χ2v) is 5.48. The molecule has 1 unspecified atom stereocenters. The highest BCUT2D eigenvalue weighted by Crippen LogP contribution is 2.30. The van der Waals surface area contributed by atoms with Gasteiger partial charge in [-0.15, -0.1) is 0 Å². The first-order chi connectivity index (χ1) is 8.13. The van der Waals surface area contributed by atoms with Crippen LogP contribution in [0.1, 0.15) is 31.4 Å². The van der Waals surface area contributed by atoms with Crippen molar-refractivity contribution in [1.82, 2.24) is 0 Å². The van der Waals surface area contributed by atoms with Crippen molar-refractivity contribution in [3.8, 4) is 0 Å². The fourth-order valence-electron chi connectivity index (χ4n) is 2.86. The van der Waals surface area contributed by atoms with Crippen LogP contribution in [0.3, 0.4) is 0 Å². The van der Waals surface area contributed by atoms with E-state index in [-0.39, 0.29) is 0 Å². The second kappa shape index (κ2) is 5.09. The Morgan fingerprint density at radius 3 is 2.76 bits per heavy atom. The molecule has 0 bridgehead atoms. The van der Waals surface area contributed by atoms with Crippen molar-refractivity contribution in [2.75, 3.05) is 18.0 Å². The number of nitrogens with zero attached hydrogens (tertiary/aromatic N) is 1. The molecule has 17 heavy (non-hydrogen) atoms. The lowest BCUT2D eigenvalue weighted by atomic mass is 9.94. The summed E-state index contributed by atoms with van der Waals surface area (Å²) in [5, 5.41) is 0. The van der Waals surface area contributed by atoms with Gasteiger partial charge in [0.05, 0.1) is 0 Å². The average Bonchev–Trinajstić information content (AvgIpc) is 2.29. The van der Waals surface area contributed by atoms with Gasteiger partial charge >= 0.3 is 0 Å². The van der Waals surface area contributed by atoms with Crippen molar-refractivity contribution >= 4 is 5.69 Å². The summed E-state index contributed by atoms with van der Waals surface area (Å²) in [6.07, 6.45) is 2.46. The zero-order chi connectivity index (χ0) is 12.4. The largest absolute Gasteiger partial charge is 0.367 e. The van der Waals surface area contributed by atoms with Gasteiger partial charge in [-0.1, -0.05) is 31.5 Å². The maximum absolute atomic E-state index is 5.95. The molecular formula is C15H24N2. The topological polar surface area (TPSA) is 29.3 Å². The Morgan fingerprint density at radius 2 is 2.12 bits per heavy atom. The van der Waals surface area contributed by atoms with Gasteiger partial charge < -0.3 is 10.6 Å². The predicted octanol–water partition coefficient (Wildman–Crippen LogP) is 2.73. The monoisotopic (exact) mass is 232 g/mol. The van der Waals surface area contributed by atoms with Crippen molar-refractivity contribution < 1.29 is 0 Å². The third-order valence-electron chi connectivity index (χ3n) is 3.80. The Balaban J connectivity index is 2.33. The molecule has 2 N–H and O–H groups in total. The van der Waals surface area contributed by atoms with Crippen molar-refractivity contribution in [2.45, 2.75) is 39.7 Å². The molecule has 0 spiro atoms. The van der Waals surface area contributed by atoms with Gasteiger partial charge in [0.2, 0.25) is 0 Å². The fourth-order valence-corrected chi connectivity index (χ4v) is 2.86. The average molecular weight is 232 g/mol. The molecule has 1 aliphatic rings. The molecule has 1 atom stereocenters. The minimum Gasteiger partial charge on any atom is -0.367 e. The summed E-state index contributed by atoms with van der Waals surface area (Å²) < 4.78 is 0. The van der Waals surface area contributed by atoms with Gasteiger partial charge in [0, 0.05) is 24.8 Å². The summed E-state index contributed by atoms with van der Waals surface area (Å²) in [7, 11) is 0. The summed E-state index contributed by atoms with van der Waals surface area (Å²) in [4.78, 5) is 2.52. The van der Waals surface area contributed by atoms with Crippen LogP contribution in [0.2, 0.25) is 0 Å². The molecule has 2 rings (SSSR count). The van der Waals surface area contributed by atoms with Crippen molar-refractivity contribution in [2.24, 2.45) is 11.7 Å². The summed E-state index contributed by atoms with van der Waals surface area (Å²) in [6, 6.07) is 7.28. The van der Waals surface area contributed by atoms with E-state index in [2.05, 4.69) is 43.9 Å². The third-order valence-corrected chi connectivity index (χ3v) is 3.80. The summed E-state index contributed by atoms with van der Waals surface area (Å²) in [5.74, 6) is 0.604. The first-order valence-electron chi connectivity index (χ1n) is 6.69. The predicted molar refractivity (Wildman–Crippen MR) is 74.5 cm³/mol. The summed E-state index contributed by atoms with van der Waals surface area (Å²) in [5.41, 5.74) is 10.2. The van der Waals surface area contributed by atoms with Crippen LogP contribution in [0, 0.1) is 12.8 Å². The van der Waals surface area contributed by atoms with Crippen LogP contribution in [0.25, 0.3) is 0 Å². The molecule has 1 aromatic carbocycles. The number of anilines is 1. The Labute approximate surface area is 105 Å². The summed E-state index contributed by atoms with van der Waals surface area (Å²) in [6.45, 7) is 8.59. The Hall–Kier alpha value is -1.02. The molecule has 2 heteroatoms. The van der Waals surface area contributed by atoms with Gasteiger partial charge in [-0.3, -0.25) is 0 Å². The van der Waals surface area contributed by atoms with E-state index in [1.165, 1.54) is 29.7 Å². The fraction of sp³-hybridized carbons (Fsp3) is 0.600. The highest BCUT2D eigenvalue weighted by atomic mass is 15.2. The van der Waals surface area contributed by atoms with Crippen LogP contribution in [0.15, 0.2) is 18.2 Å². The van der Waals surface area contributed by atoms with Crippen molar-refractivity contribution in [3.05, 3.63) is 29.3 Å². The second-order valence-electron chi connectivity index (χ2n) is 5.48. The molecule has 0 fully saturated rings. The number of fused-ring (bicyclic) bond motifs is 1. The van der Waals surface area contributed by atoms with Crippen LogP contribution in [-0.2, 0) is 6.42 Å². The van der Waals surface area contributed by atoms with Gasteiger partial charge in [-0.2, -0.15) is 0 Å². The van der Waals surface area contributed by atoms with Crippen molar-refractivity contribution in [1.29, 1.82) is 0 Å². The van der Waals surface area contributed by atoms with Crippen LogP contribution in [0.4, 0.5) is 5.69 Å². The molecule has 1 aliphatic heterocycles. The zero-order valence-electron chi connectivity index (χ0n) is 11.2. The number of aryl methyl sites for hydroxylation is 2. The van der Waals surface area contributed by atoms with Gasteiger partial charge in [0.15, 0.2) is 0 Å². The normalized spacial score (nSPS) is 17.1. The minimum atomic E-state index is 0.469. The lowest BCUT2D eigenvalue weighted by Crippen LogP contribution is -2.46. The molecule has 1 aromatic rings. The maximum atomic E-state index is 5.95. The number of rotatable bonds is 3. The number of hydrogen-bond acceptors (Lipinski definition) is 2. The molecule has 0 amide bonds. The van der Waals surface area contributed by atoms with Crippen LogP contribution in [-0.4, -0.2) is 19.1 Å². The van der Waals surface area contributed by atoms with E-state index in [9.17, 15) is 0 Å². The Bertz CT molecular complexity index is 385. The van der Waals surface area contributed by atoms with Crippen molar-refractivity contribution in [3.63, 3.8) is 0 Å². The van der Waals surface area contributed by atoms with Crippen LogP contribution >= 0.6 is 0 Å². The Kier molecular flexibility index (Phi) is 3.72. The van der Waals surface area contributed by atoms with E-state index in [0.717, 1.165) is 13.1 Å². The van der Waals surface area contributed by atoms with E-state index < -0.39 is 0 Å². The standard InChI is InChI=1S/C15H24N2/c1-11(2)15(10-16)17-8-4-5-13-9-12(3)6-7-14(13)17/h6-7,9,11,15H,4-5,8,10,16H2,1-3H3. The van der Waals surface area contributed by atoms with Gasteiger partial charge in [0.25, 0.3) is 0 Å². The van der Waals surface area contributed by atoms with E-state index >= 15 is 0 Å². The van der Waals surface area contributed by atoms with E-state index in [0.29, 0.717) is 12.0 Å². The number of hydrogen-bond donors (Lipinski definition) is 1. The number of benzene rings is 1. The molecule has 2 nitrogen and oxygen atoms in total. The minimum absolute atomic E-state index is 0.469. The third kappa shape index (κ3) is 2.47. The molecule has 94 valence electrons. The molecule has 0 radical (unpaired) electrons. The molecule has 1 heterocycles. The lowest BCUT2D eigenvalue weighted by Gasteiger charge is -2.39. The SMILES string of the molecule is Cc1ccc2c(c1)CCCN2C(CN)C(C)C. The molecule has 0 saturated heterocycles. The first kappa shape index (κ1) is 12.4.